The molecule has 1 aromatic carbocycles. The Balaban J connectivity index is 1.40. The molecule has 2 amide bonds. The van der Waals surface area contributed by atoms with Crippen LogP contribution in [0.4, 0.5) is 5.69 Å². The van der Waals surface area contributed by atoms with Gasteiger partial charge >= 0.3 is 0 Å². The highest BCUT2D eigenvalue weighted by atomic mass is 35.5. The molecule has 3 fully saturated rings. The van der Waals surface area contributed by atoms with E-state index < -0.39 is 0 Å². The summed E-state index contributed by atoms with van der Waals surface area (Å²) >= 11 is 6.38. The Bertz CT molecular complexity index is 860. The second kappa shape index (κ2) is 9.74. The lowest BCUT2D eigenvalue weighted by atomic mass is 9.81. The Morgan fingerprint density at radius 1 is 1.13 bits per heavy atom. The molecule has 0 aromatic heterocycles. The minimum absolute atomic E-state index is 0.00636. The van der Waals surface area contributed by atoms with Gasteiger partial charge in [-0.25, -0.2) is 0 Å². The quantitative estimate of drug-likeness (QED) is 0.678. The number of nitrogens with one attached hydrogen (secondary N) is 1. The summed E-state index contributed by atoms with van der Waals surface area (Å²) in [5.74, 6) is 0.650. The summed E-state index contributed by atoms with van der Waals surface area (Å²) in [5.41, 5.74) is 4.17. The van der Waals surface area contributed by atoms with E-state index in [1.54, 1.807) is 7.11 Å². The SMILES string of the molecule is COC1CC(C(=O)Nc2cc(Cl)cc(C=C3CCN(C(=O)C4CCCC4)CC3)c2C)C1. The van der Waals surface area contributed by atoms with Crippen molar-refractivity contribution >= 4 is 35.2 Å². The molecule has 0 spiro atoms. The van der Waals surface area contributed by atoms with Crippen molar-refractivity contribution in [3.63, 3.8) is 0 Å². The minimum Gasteiger partial charge on any atom is -0.381 e. The maximum Gasteiger partial charge on any atom is 0.227 e. The number of nitrogens with zero attached hydrogens (tertiary/aromatic N) is 1. The third kappa shape index (κ3) is 5.15. The van der Waals surface area contributed by atoms with Gasteiger partial charge in [-0.05, 0) is 68.7 Å². The van der Waals surface area contributed by atoms with Gasteiger partial charge in [0.1, 0.15) is 0 Å². The Hall–Kier alpha value is -1.85. The number of amides is 2. The molecule has 4 rings (SSSR count). The molecule has 168 valence electrons. The molecule has 31 heavy (non-hydrogen) atoms. The number of benzene rings is 1. The zero-order chi connectivity index (χ0) is 22.0. The molecular formula is C25H33ClN2O3. The largest absolute Gasteiger partial charge is 0.381 e. The van der Waals surface area contributed by atoms with E-state index in [1.165, 1.54) is 18.4 Å². The molecule has 0 unspecified atom stereocenters. The Morgan fingerprint density at radius 2 is 1.81 bits per heavy atom. The predicted molar refractivity (Wildman–Crippen MR) is 124 cm³/mol. The first-order valence-electron chi connectivity index (χ1n) is 11.6. The summed E-state index contributed by atoms with van der Waals surface area (Å²) in [6.45, 7) is 3.62. The molecule has 1 saturated heterocycles. The van der Waals surface area contributed by atoms with Crippen LogP contribution < -0.4 is 5.32 Å². The van der Waals surface area contributed by atoms with E-state index in [9.17, 15) is 9.59 Å². The molecule has 1 heterocycles. The number of hydrogen-bond donors (Lipinski definition) is 1. The van der Waals surface area contributed by atoms with Crippen LogP contribution in [0.1, 0.15) is 62.5 Å². The van der Waals surface area contributed by atoms with Crippen LogP contribution in [0.2, 0.25) is 5.02 Å². The first kappa shape index (κ1) is 22.3. The number of halogens is 1. The standard InChI is InChI=1S/C25H33ClN2O3/c1-16-19(11-17-7-9-28(10-8-17)25(30)18-5-3-4-6-18)12-21(26)15-23(16)27-24(29)20-13-22(14-20)31-2/h11-12,15,18,20,22H,3-10,13-14H2,1-2H3,(H,27,29). The van der Waals surface area contributed by atoms with Crippen LogP contribution in [-0.2, 0) is 14.3 Å². The molecule has 6 heteroatoms. The van der Waals surface area contributed by atoms with Crippen molar-refractivity contribution in [2.45, 2.75) is 64.4 Å². The van der Waals surface area contributed by atoms with Crippen molar-refractivity contribution in [3.8, 4) is 0 Å². The van der Waals surface area contributed by atoms with Crippen molar-refractivity contribution < 1.29 is 14.3 Å². The van der Waals surface area contributed by atoms with Crippen molar-refractivity contribution in [1.82, 2.24) is 4.90 Å². The number of hydrogen-bond acceptors (Lipinski definition) is 3. The van der Waals surface area contributed by atoms with Gasteiger partial charge < -0.3 is 15.0 Å². The Kier molecular flexibility index (Phi) is 7.02. The molecule has 2 saturated carbocycles. The van der Waals surface area contributed by atoms with Gasteiger partial charge in [-0.2, -0.15) is 0 Å². The third-order valence-electron chi connectivity index (χ3n) is 7.25. The lowest BCUT2D eigenvalue weighted by Gasteiger charge is -2.33. The van der Waals surface area contributed by atoms with E-state index in [0.29, 0.717) is 10.9 Å². The van der Waals surface area contributed by atoms with Crippen LogP contribution in [0.25, 0.3) is 6.08 Å². The Labute approximate surface area is 190 Å². The monoisotopic (exact) mass is 444 g/mol. The molecule has 1 aromatic rings. The van der Waals surface area contributed by atoms with Gasteiger partial charge in [0.15, 0.2) is 0 Å². The summed E-state index contributed by atoms with van der Waals surface area (Å²) in [6.07, 6.45) is 10.2. The fourth-order valence-corrected chi connectivity index (χ4v) is 5.22. The molecule has 0 atom stereocenters. The summed E-state index contributed by atoms with van der Waals surface area (Å²) < 4.78 is 5.28. The highest BCUT2D eigenvalue weighted by molar-refractivity contribution is 6.31. The third-order valence-corrected chi connectivity index (χ3v) is 7.47. The van der Waals surface area contributed by atoms with Gasteiger partial charge in [-0.3, -0.25) is 9.59 Å². The van der Waals surface area contributed by atoms with Crippen molar-refractivity contribution in [2.24, 2.45) is 11.8 Å². The highest BCUT2D eigenvalue weighted by Crippen LogP contribution is 2.33. The van der Waals surface area contributed by atoms with E-state index in [-0.39, 0.29) is 23.8 Å². The van der Waals surface area contributed by atoms with E-state index >= 15 is 0 Å². The maximum atomic E-state index is 12.7. The van der Waals surface area contributed by atoms with Crippen LogP contribution in [0, 0.1) is 18.8 Å². The number of anilines is 1. The Morgan fingerprint density at radius 3 is 2.45 bits per heavy atom. The molecule has 1 N–H and O–H groups in total. The lowest BCUT2D eigenvalue weighted by molar-refractivity contribution is -0.135. The number of likely N-dealkylation sites (tertiary alicyclic amines) is 1. The van der Waals surface area contributed by atoms with Gasteiger partial charge in [0, 0.05) is 42.7 Å². The van der Waals surface area contributed by atoms with Crippen molar-refractivity contribution in [2.75, 3.05) is 25.5 Å². The first-order chi connectivity index (χ1) is 14.9. The van der Waals surface area contributed by atoms with E-state index in [4.69, 9.17) is 16.3 Å². The number of piperidine rings is 1. The fraction of sp³-hybridized carbons (Fsp3) is 0.600. The lowest BCUT2D eigenvalue weighted by Crippen LogP contribution is -2.39. The second-order valence-electron chi connectivity index (χ2n) is 9.29. The zero-order valence-electron chi connectivity index (χ0n) is 18.6. The van der Waals surface area contributed by atoms with Gasteiger partial charge in [0.2, 0.25) is 11.8 Å². The van der Waals surface area contributed by atoms with Crippen molar-refractivity contribution in [1.29, 1.82) is 0 Å². The van der Waals surface area contributed by atoms with Gasteiger partial charge in [0.25, 0.3) is 0 Å². The van der Waals surface area contributed by atoms with Crippen molar-refractivity contribution in [3.05, 3.63) is 33.9 Å². The van der Waals surface area contributed by atoms with E-state index in [2.05, 4.69) is 16.3 Å². The normalized spacial score (nSPS) is 24.1. The van der Waals surface area contributed by atoms with Gasteiger partial charge in [-0.1, -0.05) is 36.1 Å². The number of rotatable bonds is 5. The molecule has 0 radical (unpaired) electrons. The summed E-state index contributed by atoms with van der Waals surface area (Å²) in [7, 11) is 1.69. The molecule has 5 nitrogen and oxygen atoms in total. The van der Waals surface area contributed by atoms with Crippen LogP contribution >= 0.6 is 11.6 Å². The second-order valence-corrected chi connectivity index (χ2v) is 9.73. The minimum atomic E-state index is 0.00636. The van der Waals surface area contributed by atoms with E-state index in [1.807, 2.05) is 19.1 Å². The highest BCUT2D eigenvalue weighted by Gasteiger charge is 2.34. The molecular weight excluding hydrogens is 412 g/mol. The zero-order valence-corrected chi connectivity index (χ0v) is 19.3. The maximum absolute atomic E-state index is 12.7. The van der Waals surface area contributed by atoms with Crippen LogP contribution in [0.5, 0.6) is 0 Å². The average molecular weight is 445 g/mol. The van der Waals surface area contributed by atoms with Gasteiger partial charge in [0.05, 0.1) is 6.10 Å². The summed E-state index contributed by atoms with van der Waals surface area (Å²) in [4.78, 5) is 27.3. The number of methoxy groups -OCH3 is 1. The van der Waals surface area contributed by atoms with Crippen LogP contribution in [0.3, 0.4) is 0 Å². The molecule has 3 aliphatic rings. The summed E-state index contributed by atoms with van der Waals surface area (Å²) in [5, 5.41) is 3.68. The summed E-state index contributed by atoms with van der Waals surface area (Å²) in [6, 6.07) is 3.78. The molecule has 2 aliphatic carbocycles. The van der Waals surface area contributed by atoms with Crippen LogP contribution in [0.15, 0.2) is 17.7 Å². The number of ether oxygens (including phenoxy) is 1. The van der Waals surface area contributed by atoms with E-state index in [0.717, 1.165) is 68.4 Å². The number of carbonyl (C=O) groups is 2. The fourth-order valence-electron chi connectivity index (χ4n) is 5.00. The van der Waals surface area contributed by atoms with Gasteiger partial charge in [-0.15, -0.1) is 0 Å². The van der Waals surface area contributed by atoms with Crippen LogP contribution in [-0.4, -0.2) is 43.0 Å². The number of carbonyl (C=O) groups excluding carboxylic acids is 2. The first-order valence-corrected chi connectivity index (χ1v) is 11.9. The topological polar surface area (TPSA) is 58.6 Å². The molecule has 1 aliphatic heterocycles. The molecule has 0 bridgehead atoms. The smallest absolute Gasteiger partial charge is 0.227 e. The average Bonchev–Trinajstić information content (AvgIpc) is 3.25. The predicted octanol–water partition coefficient (Wildman–Crippen LogP) is 5.21.